The summed E-state index contributed by atoms with van der Waals surface area (Å²) in [6.07, 6.45) is 1.33. The van der Waals surface area contributed by atoms with Gasteiger partial charge in [0.2, 0.25) is 5.91 Å². The van der Waals surface area contributed by atoms with Crippen molar-refractivity contribution >= 4 is 40.4 Å². The van der Waals surface area contributed by atoms with Crippen LogP contribution >= 0.6 is 23.4 Å². The molecule has 0 aliphatic carbocycles. The van der Waals surface area contributed by atoms with Gasteiger partial charge in [-0.1, -0.05) is 11.6 Å². The van der Waals surface area contributed by atoms with Gasteiger partial charge in [-0.3, -0.25) is 19.7 Å². The van der Waals surface area contributed by atoms with E-state index in [0.29, 0.717) is 40.5 Å². The molecular weight excluding hydrogens is 456 g/mol. The molecule has 1 unspecified atom stereocenters. The molecule has 8 nitrogen and oxygen atoms in total. The van der Waals surface area contributed by atoms with E-state index in [0.717, 1.165) is 22.8 Å². The summed E-state index contributed by atoms with van der Waals surface area (Å²) in [7, 11) is 3.20. The summed E-state index contributed by atoms with van der Waals surface area (Å²) in [5.74, 6) is 0.895. The van der Waals surface area contributed by atoms with Gasteiger partial charge in [0.25, 0.3) is 11.1 Å². The topological polar surface area (TPSA) is 103 Å². The molecule has 2 aromatic carbocycles. The van der Waals surface area contributed by atoms with Crippen LogP contribution in [0.3, 0.4) is 0 Å². The van der Waals surface area contributed by atoms with Gasteiger partial charge in [0.05, 0.1) is 30.7 Å². The average molecular weight is 475 g/mol. The minimum absolute atomic E-state index is 0.0584. The molecule has 2 aliphatic rings. The molecule has 0 aromatic heterocycles. The maximum atomic E-state index is 12.1. The lowest BCUT2D eigenvalue weighted by Gasteiger charge is -2.13. The first-order valence-electron chi connectivity index (χ1n) is 9.62. The maximum Gasteiger partial charge on any atom is 0.290 e. The number of amides is 3. The zero-order valence-electron chi connectivity index (χ0n) is 17.2. The third-order valence-corrected chi connectivity index (χ3v) is 6.07. The van der Waals surface area contributed by atoms with Crippen molar-refractivity contribution in [1.29, 1.82) is 0 Å². The Morgan fingerprint density at radius 2 is 2.09 bits per heavy atom. The van der Waals surface area contributed by atoms with Gasteiger partial charge < -0.3 is 19.5 Å². The van der Waals surface area contributed by atoms with Crippen LogP contribution in [0, 0.1) is 0 Å². The molecule has 3 amide bonds. The smallest absolute Gasteiger partial charge is 0.290 e. The molecular formula is C22H19ClN2O6S. The first-order chi connectivity index (χ1) is 15.4. The SMILES string of the molecule is COc1ccc(OC)c(-c2cc(Cl)c3c(c2)CC(CNC(=O)C=C2SC(=O)NC2=O)O3)c1. The molecule has 0 spiro atoms. The van der Waals surface area contributed by atoms with E-state index in [1.807, 2.05) is 24.3 Å². The predicted molar refractivity (Wildman–Crippen MR) is 120 cm³/mol. The van der Waals surface area contributed by atoms with E-state index in [1.54, 1.807) is 20.3 Å². The van der Waals surface area contributed by atoms with Gasteiger partial charge in [0.1, 0.15) is 23.4 Å². The van der Waals surface area contributed by atoms with Crippen LogP contribution in [0.2, 0.25) is 5.02 Å². The molecule has 0 saturated carbocycles. The Balaban J connectivity index is 1.47. The molecule has 2 N–H and O–H groups in total. The fourth-order valence-electron chi connectivity index (χ4n) is 3.50. The minimum Gasteiger partial charge on any atom is -0.497 e. The van der Waals surface area contributed by atoms with Gasteiger partial charge in [-0.25, -0.2) is 0 Å². The molecule has 4 rings (SSSR count). The van der Waals surface area contributed by atoms with Crippen molar-refractivity contribution in [2.45, 2.75) is 12.5 Å². The highest BCUT2D eigenvalue weighted by atomic mass is 35.5. The van der Waals surface area contributed by atoms with Gasteiger partial charge in [-0.05, 0) is 47.7 Å². The number of carbonyl (C=O) groups excluding carboxylic acids is 3. The number of benzene rings is 2. The van der Waals surface area contributed by atoms with Crippen LogP contribution in [-0.4, -0.2) is 43.9 Å². The summed E-state index contributed by atoms with van der Waals surface area (Å²) in [4.78, 5) is 34.9. The van der Waals surface area contributed by atoms with Gasteiger partial charge in [-0.2, -0.15) is 0 Å². The Kier molecular flexibility index (Phi) is 6.29. The number of nitrogens with one attached hydrogen (secondary N) is 2. The Bertz CT molecular complexity index is 1150. The normalized spacial score (nSPS) is 18.2. The second kappa shape index (κ2) is 9.13. The van der Waals surface area contributed by atoms with Gasteiger partial charge in [0.15, 0.2) is 0 Å². The number of hydrogen-bond donors (Lipinski definition) is 2. The van der Waals surface area contributed by atoms with Crippen molar-refractivity contribution in [3.05, 3.63) is 51.9 Å². The highest BCUT2D eigenvalue weighted by Crippen LogP contribution is 2.42. The fourth-order valence-corrected chi connectivity index (χ4v) is 4.44. The summed E-state index contributed by atoms with van der Waals surface area (Å²) in [5.41, 5.74) is 2.60. The average Bonchev–Trinajstić information content (AvgIpc) is 3.33. The van der Waals surface area contributed by atoms with E-state index >= 15 is 0 Å². The van der Waals surface area contributed by atoms with Crippen molar-refractivity contribution in [3.8, 4) is 28.4 Å². The molecule has 0 bridgehead atoms. The molecule has 2 aromatic rings. The van der Waals surface area contributed by atoms with Crippen molar-refractivity contribution in [3.63, 3.8) is 0 Å². The van der Waals surface area contributed by atoms with Crippen LogP contribution < -0.4 is 24.8 Å². The highest BCUT2D eigenvalue weighted by molar-refractivity contribution is 8.18. The summed E-state index contributed by atoms with van der Waals surface area (Å²) in [6.45, 7) is 0.214. The lowest BCUT2D eigenvalue weighted by Crippen LogP contribution is -2.33. The van der Waals surface area contributed by atoms with Crippen LogP contribution in [0.25, 0.3) is 11.1 Å². The van der Waals surface area contributed by atoms with E-state index in [-0.39, 0.29) is 17.6 Å². The maximum absolute atomic E-state index is 12.1. The number of ether oxygens (including phenoxy) is 3. The molecule has 1 saturated heterocycles. The van der Waals surface area contributed by atoms with Crippen molar-refractivity contribution in [2.24, 2.45) is 0 Å². The highest BCUT2D eigenvalue weighted by Gasteiger charge is 2.28. The van der Waals surface area contributed by atoms with Crippen molar-refractivity contribution < 1.29 is 28.6 Å². The van der Waals surface area contributed by atoms with Crippen LogP contribution in [0.15, 0.2) is 41.3 Å². The molecule has 10 heteroatoms. The number of hydrogen-bond acceptors (Lipinski definition) is 7. The third-order valence-electron chi connectivity index (χ3n) is 4.98. The molecule has 166 valence electrons. The standard InChI is InChI=1S/C22H19ClN2O6S/c1-29-13-3-4-17(30-2)15(8-13)11-5-12-6-14(31-20(12)16(23)7-11)10-24-19(26)9-18-21(27)25-22(28)32-18/h3-5,7-9,14H,6,10H2,1-2H3,(H,24,26)(H,25,27,28). The van der Waals surface area contributed by atoms with Crippen molar-refractivity contribution in [2.75, 3.05) is 20.8 Å². The molecule has 2 aliphatic heterocycles. The van der Waals surface area contributed by atoms with E-state index < -0.39 is 17.1 Å². The number of carbonyl (C=O) groups is 3. The molecule has 1 fully saturated rings. The summed E-state index contributed by atoms with van der Waals surface area (Å²) in [5, 5.41) is 4.75. The number of halogens is 1. The zero-order valence-corrected chi connectivity index (χ0v) is 18.8. The number of methoxy groups -OCH3 is 2. The van der Waals surface area contributed by atoms with Crippen molar-refractivity contribution in [1.82, 2.24) is 10.6 Å². The second-order valence-corrected chi connectivity index (χ2v) is 8.48. The van der Waals surface area contributed by atoms with E-state index in [1.165, 1.54) is 0 Å². The van der Waals surface area contributed by atoms with Crippen LogP contribution in [-0.2, 0) is 16.0 Å². The molecule has 32 heavy (non-hydrogen) atoms. The Hall–Kier alpha value is -3.17. The van der Waals surface area contributed by atoms with Gasteiger partial charge in [0, 0.05) is 23.6 Å². The van der Waals surface area contributed by atoms with Gasteiger partial charge in [-0.15, -0.1) is 0 Å². The third kappa shape index (κ3) is 4.53. The van der Waals surface area contributed by atoms with E-state index in [2.05, 4.69) is 10.6 Å². The lowest BCUT2D eigenvalue weighted by molar-refractivity contribution is -0.118. The van der Waals surface area contributed by atoms with E-state index in [9.17, 15) is 14.4 Å². The Morgan fingerprint density at radius 3 is 2.78 bits per heavy atom. The number of rotatable bonds is 6. The van der Waals surface area contributed by atoms with Crippen LogP contribution in [0.5, 0.6) is 17.2 Å². The summed E-state index contributed by atoms with van der Waals surface area (Å²) in [6, 6.07) is 9.30. The summed E-state index contributed by atoms with van der Waals surface area (Å²) >= 11 is 7.18. The minimum atomic E-state index is -0.577. The van der Waals surface area contributed by atoms with Crippen LogP contribution in [0.1, 0.15) is 5.56 Å². The summed E-state index contributed by atoms with van der Waals surface area (Å²) < 4.78 is 16.7. The Labute approximate surface area is 193 Å². The zero-order chi connectivity index (χ0) is 22.8. The Morgan fingerprint density at radius 1 is 1.28 bits per heavy atom. The molecule has 0 radical (unpaired) electrons. The molecule has 1 atom stereocenters. The fraction of sp³-hybridized carbons (Fsp3) is 0.227. The van der Waals surface area contributed by atoms with Gasteiger partial charge >= 0.3 is 0 Å². The number of fused-ring (bicyclic) bond motifs is 1. The monoisotopic (exact) mass is 474 g/mol. The number of thioether (sulfide) groups is 1. The van der Waals surface area contributed by atoms with Crippen LogP contribution in [0.4, 0.5) is 4.79 Å². The second-order valence-electron chi connectivity index (χ2n) is 7.05. The van der Waals surface area contributed by atoms with E-state index in [4.69, 9.17) is 25.8 Å². The molecule has 2 heterocycles. The first kappa shape index (κ1) is 22.0. The number of imide groups is 1. The first-order valence-corrected chi connectivity index (χ1v) is 10.8. The largest absolute Gasteiger partial charge is 0.497 e. The predicted octanol–water partition coefficient (Wildman–Crippen LogP) is 3.31. The lowest BCUT2D eigenvalue weighted by atomic mass is 9.99. The quantitative estimate of drug-likeness (QED) is 0.619.